The maximum Gasteiger partial charge on any atom is 0.254 e. The van der Waals surface area contributed by atoms with Crippen molar-refractivity contribution in [2.24, 2.45) is 0 Å². The van der Waals surface area contributed by atoms with Crippen LogP contribution in [0.5, 0.6) is 5.75 Å². The van der Waals surface area contributed by atoms with Gasteiger partial charge in [0.25, 0.3) is 5.91 Å². The van der Waals surface area contributed by atoms with Crippen LogP contribution in [-0.4, -0.2) is 79.8 Å². The number of amides is 2. The highest BCUT2D eigenvalue weighted by Gasteiger charge is 2.22. The number of rotatable bonds is 6. The number of ether oxygens (including phenoxy) is 2. The molecule has 2 amide bonds. The van der Waals surface area contributed by atoms with E-state index in [9.17, 15) is 14.7 Å². The molecule has 1 aromatic rings. The summed E-state index contributed by atoms with van der Waals surface area (Å²) in [5.41, 5.74) is 0.456. The smallest absolute Gasteiger partial charge is 0.254 e. The van der Waals surface area contributed by atoms with Crippen molar-refractivity contribution in [1.82, 2.24) is 9.80 Å². The zero-order chi connectivity index (χ0) is 17.4. The molecule has 0 spiro atoms. The van der Waals surface area contributed by atoms with Crippen LogP contribution in [0.25, 0.3) is 0 Å². The first kappa shape index (κ1) is 18.2. The molecule has 24 heavy (non-hydrogen) atoms. The number of aromatic hydroxyl groups is 1. The van der Waals surface area contributed by atoms with Crippen LogP contribution in [0.4, 0.5) is 0 Å². The molecule has 1 aliphatic rings. The number of carbonyl (C=O) groups is 2. The van der Waals surface area contributed by atoms with Crippen LogP contribution >= 0.6 is 0 Å². The summed E-state index contributed by atoms with van der Waals surface area (Å²) in [6.45, 7) is 3.02. The number of hydrogen-bond donors (Lipinski definition) is 1. The molecule has 0 unspecified atom stereocenters. The first-order valence-corrected chi connectivity index (χ1v) is 8.04. The van der Waals surface area contributed by atoms with Gasteiger partial charge in [-0.2, -0.15) is 0 Å². The maximum atomic E-state index is 12.5. The van der Waals surface area contributed by atoms with Crippen molar-refractivity contribution in [3.05, 3.63) is 29.8 Å². The quantitative estimate of drug-likeness (QED) is 0.775. The van der Waals surface area contributed by atoms with Crippen LogP contribution in [-0.2, 0) is 14.3 Å². The summed E-state index contributed by atoms with van der Waals surface area (Å²) >= 11 is 0. The predicted molar refractivity (Wildman–Crippen MR) is 87.9 cm³/mol. The minimum atomic E-state index is -0.128. The zero-order valence-corrected chi connectivity index (χ0v) is 13.9. The van der Waals surface area contributed by atoms with Gasteiger partial charge >= 0.3 is 0 Å². The monoisotopic (exact) mass is 336 g/mol. The van der Waals surface area contributed by atoms with Crippen LogP contribution in [0.1, 0.15) is 16.8 Å². The third-order valence-electron chi connectivity index (χ3n) is 3.89. The fraction of sp³-hybridized carbons (Fsp3) is 0.529. The summed E-state index contributed by atoms with van der Waals surface area (Å²) < 4.78 is 10.1. The van der Waals surface area contributed by atoms with Crippen molar-refractivity contribution >= 4 is 11.8 Å². The maximum absolute atomic E-state index is 12.5. The van der Waals surface area contributed by atoms with Crippen molar-refractivity contribution in [3.8, 4) is 5.75 Å². The largest absolute Gasteiger partial charge is 0.508 e. The summed E-state index contributed by atoms with van der Waals surface area (Å²) in [6, 6.07) is 6.32. The molecule has 7 nitrogen and oxygen atoms in total. The average molecular weight is 336 g/mol. The highest BCUT2D eigenvalue weighted by atomic mass is 16.5. The molecule has 1 aromatic carbocycles. The van der Waals surface area contributed by atoms with Gasteiger partial charge in [-0.15, -0.1) is 0 Å². The second-order valence-corrected chi connectivity index (χ2v) is 5.62. The Kier molecular flexibility index (Phi) is 7.02. The average Bonchev–Trinajstić information content (AvgIpc) is 2.84. The molecular weight excluding hydrogens is 312 g/mol. The number of nitrogens with zero attached hydrogens (tertiary/aromatic N) is 2. The van der Waals surface area contributed by atoms with Gasteiger partial charge in [0.2, 0.25) is 5.91 Å². The minimum absolute atomic E-state index is 0.0316. The SMILES string of the molecule is COCCOCC(=O)N1CCCN(C(=O)c2cccc(O)c2)CC1. The molecule has 1 saturated heterocycles. The Hall–Kier alpha value is -2.12. The lowest BCUT2D eigenvalue weighted by atomic mass is 10.2. The van der Waals surface area contributed by atoms with E-state index < -0.39 is 0 Å². The van der Waals surface area contributed by atoms with E-state index in [1.165, 1.54) is 12.1 Å². The van der Waals surface area contributed by atoms with Gasteiger partial charge in [0.1, 0.15) is 12.4 Å². The van der Waals surface area contributed by atoms with Gasteiger partial charge < -0.3 is 24.4 Å². The topological polar surface area (TPSA) is 79.3 Å². The Morgan fingerprint density at radius 1 is 1.12 bits per heavy atom. The highest BCUT2D eigenvalue weighted by Crippen LogP contribution is 2.14. The van der Waals surface area contributed by atoms with E-state index in [0.29, 0.717) is 51.4 Å². The van der Waals surface area contributed by atoms with Crippen LogP contribution < -0.4 is 0 Å². The van der Waals surface area contributed by atoms with E-state index in [-0.39, 0.29) is 24.2 Å². The normalized spacial score (nSPS) is 15.2. The van der Waals surface area contributed by atoms with Gasteiger partial charge in [0, 0.05) is 38.9 Å². The Morgan fingerprint density at radius 2 is 1.88 bits per heavy atom. The second kappa shape index (κ2) is 9.24. The molecule has 1 heterocycles. The summed E-state index contributed by atoms with van der Waals surface area (Å²) in [4.78, 5) is 28.1. The van der Waals surface area contributed by atoms with E-state index in [1.807, 2.05) is 0 Å². The summed E-state index contributed by atoms with van der Waals surface area (Å²) in [5, 5.41) is 9.50. The van der Waals surface area contributed by atoms with Crippen molar-refractivity contribution in [1.29, 1.82) is 0 Å². The van der Waals surface area contributed by atoms with Crippen molar-refractivity contribution in [2.45, 2.75) is 6.42 Å². The van der Waals surface area contributed by atoms with Gasteiger partial charge in [-0.05, 0) is 24.6 Å². The third kappa shape index (κ3) is 5.21. The molecule has 2 rings (SSSR count). The first-order valence-electron chi connectivity index (χ1n) is 8.04. The van der Waals surface area contributed by atoms with Crippen molar-refractivity contribution < 1.29 is 24.2 Å². The summed E-state index contributed by atoms with van der Waals surface area (Å²) in [6.07, 6.45) is 0.717. The van der Waals surface area contributed by atoms with Gasteiger partial charge in [-0.1, -0.05) is 6.07 Å². The van der Waals surface area contributed by atoms with Crippen molar-refractivity contribution in [3.63, 3.8) is 0 Å². The van der Waals surface area contributed by atoms with E-state index in [4.69, 9.17) is 9.47 Å². The number of carbonyl (C=O) groups excluding carboxylic acids is 2. The van der Waals surface area contributed by atoms with E-state index in [1.54, 1.807) is 29.0 Å². The zero-order valence-electron chi connectivity index (χ0n) is 13.9. The molecule has 0 aliphatic carbocycles. The Bertz CT molecular complexity index is 564. The standard InChI is InChI=1S/C17H24N2O5/c1-23-10-11-24-13-16(21)18-6-3-7-19(9-8-18)17(22)14-4-2-5-15(20)12-14/h2,4-5,12,20H,3,6-11,13H2,1H3. The van der Waals surface area contributed by atoms with E-state index >= 15 is 0 Å². The second-order valence-electron chi connectivity index (χ2n) is 5.62. The predicted octanol–water partition coefficient (Wildman–Crippen LogP) is 0.730. The summed E-state index contributed by atoms with van der Waals surface area (Å²) in [7, 11) is 1.58. The van der Waals surface area contributed by atoms with Crippen LogP contribution in [0.2, 0.25) is 0 Å². The molecular formula is C17H24N2O5. The Labute approximate surface area is 141 Å². The lowest BCUT2D eigenvalue weighted by molar-refractivity contribution is -0.136. The fourth-order valence-electron chi connectivity index (χ4n) is 2.58. The van der Waals surface area contributed by atoms with Crippen molar-refractivity contribution in [2.75, 3.05) is 53.1 Å². The molecule has 1 aliphatic heterocycles. The number of benzene rings is 1. The number of methoxy groups -OCH3 is 1. The number of phenols is 1. The molecule has 1 fully saturated rings. The van der Waals surface area contributed by atoms with E-state index in [2.05, 4.69) is 0 Å². The fourth-order valence-corrected chi connectivity index (χ4v) is 2.58. The van der Waals surface area contributed by atoms with Gasteiger partial charge in [-0.25, -0.2) is 0 Å². The molecule has 0 bridgehead atoms. The molecule has 1 N–H and O–H groups in total. The number of phenolic OH excluding ortho intramolecular Hbond substituents is 1. The van der Waals surface area contributed by atoms with Crippen LogP contribution in [0.15, 0.2) is 24.3 Å². The van der Waals surface area contributed by atoms with Gasteiger partial charge in [-0.3, -0.25) is 9.59 Å². The highest BCUT2D eigenvalue weighted by molar-refractivity contribution is 5.94. The van der Waals surface area contributed by atoms with Gasteiger partial charge in [0.15, 0.2) is 0 Å². The minimum Gasteiger partial charge on any atom is -0.508 e. The molecule has 0 aromatic heterocycles. The summed E-state index contributed by atoms with van der Waals surface area (Å²) in [5.74, 6) is -0.130. The Morgan fingerprint density at radius 3 is 2.62 bits per heavy atom. The molecule has 7 heteroatoms. The number of hydrogen-bond acceptors (Lipinski definition) is 5. The molecule has 0 saturated carbocycles. The first-order chi connectivity index (χ1) is 11.6. The molecule has 132 valence electrons. The molecule has 0 radical (unpaired) electrons. The molecule has 0 atom stereocenters. The van der Waals surface area contributed by atoms with Crippen LogP contribution in [0, 0.1) is 0 Å². The van der Waals surface area contributed by atoms with E-state index in [0.717, 1.165) is 0 Å². The lowest BCUT2D eigenvalue weighted by Crippen LogP contribution is -2.39. The third-order valence-corrected chi connectivity index (χ3v) is 3.89. The van der Waals surface area contributed by atoms with Crippen LogP contribution in [0.3, 0.4) is 0 Å². The Balaban J connectivity index is 1.85. The lowest BCUT2D eigenvalue weighted by Gasteiger charge is -2.22. The van der Waals surface area contributed by atoms with Gasteiger partial charge in [0.05, 0.1) is 13.2 Å².